The summed E-state index contributed by atoms with van der Waals surface area (Å²) in [5.74, 6) is -1.94. The summed E-state index contributed by atoms with van der Waals surface area (Å²) in [6.45, 7) is -0.609. The highest BCUT2D eigenvalue weighted by molar-refractivity contribution is 5.88. The van der Waals surface area contributed by atoms with Crippen LogP contribution in [0.5, 0.6) is 0 Å². The molecule has 0 aliphatic carbocycles. The average Bonchev–Trinajstić information content (AvgIpc) is 2.44. The number of rotatable bonds is 8. The Morgan fingerprint density at radius 2 is 1.85 bits per heavy atom. The minimum absolute atomic E-state index is 0.112. The van der Waals surface area contributed by atoms with E-state index in [1.54, 1.807) is 30.3 Å². The maximum absolute atomic E-state index is 11.7. The number of aliphatic hydroxyl groups is 1. The maximum Gasteiger partial charge on any atom is 0.326 e. The predicted octanol–water partition coefficient (Wildman–Crippen LogP) is -1.09. The van der Waals surface area contributed by atoms with E-state index in [-0.39, 0.29) is 12.8 Å². The second-order valence-electron chi connectivity index (χ2n) is 4.11. The van der Waals surface area contributed by atoms with E-state index in [9.17, 15) is 14.4 Å². The number of hydrogen-bond acceptors (Lipinski definition) is 4. The normalized spacial score (nSPS) is 13.1. The van der Waals surface area contributed by atoms with Crippen molar-refractivity contribution in [2.24, 2.45) is 0 Å². The van der Waals surface area contributed by atoms with Gasteiger partial charge in [-0.25, -0.2) is 4.79 Å². The zero-order valence-corrected chi connectivity index (χ0v) is 10.7. The van der Waals surface area contributed by atoms with Crippen molar-refractivity contribution in [3.8, 4) is 0 Å². The minimum atomic E-state index is -1.19. The van der Waals surface area contributed by atoms with Crippen molar-refractivity contribution in [3.05, 3.63) is 35.9 Å². The number of nitrogens with one attached hydrogen (secondary N) is 2. The predicted molar refractivity (Wildman–Crippen MR) is 69.8 cm³/mol. The van der Waals surface area contributed by atoms with Crippen LogP contribution in [0.4, 0.5) is 0 Å². The Labute approximate surface area is 115 Å². The summed E-state index contributed by atoms with van der Waals surface area (Å²) in [5.41, 5.74) is 0.754. The highest BCUT2D eigenvalue weighted by Crippen LogP contribution is 2.03. The molecule has 2 amide bonds. The Balaban J connectivity index is 2.70. The van der Waals surface area contributed by atoms with Crippen molar-refractivity contribution in [1.29, 1.82) is 0 Å². The van der Waals surface area contributed by atoms with Crippen molar-refractivity contribution in [2.45, 2.75) is 18.5 Å². The fourth-order valence-electron chi connectivity index (χ4n) is 1.62. The molecule has 7 nitrogen and oxygen atoms in total. The molecule has 2 atom stereocenters. The molecule has 0 spiro atoms. The third kappa shape index (κ3) is 4.69. The van der Waals surface area contributed by atoms with Crippen LogP contribution in [0.2, 0.25) is 0 Å². The van der Waals surface area contributed by atoms with Crippen molar-refractivity contribution < 1.29 is 24.6 Å². The minimum Gasteiger partial charge on any atom is -0.480 e. The Morgan fingerprint density at radius 1 is 1.20 bits per heavy atom. The smallest absolute Gasteiger partial charge is 0.326 e. The maximum atomic E-state index is 11.7. The van der Waals surface area contributed by atoms with Crippen LogP contribution in [0.1, 0.15) is 5.56 Å². The second-order valence-corrected chi connectivity index (χ2v) is 4.11. The third-order valence-corrected chi connectivity index (χ3v) is 2.67. The number of carbonyl (C=O) groups is 3. The van der Waals surface area contributed by atoms with Crippen LogP contribution in [0.3, 0.4) is 0 Å². The Hall–Kier alpha value is -2.41. The molecule has 7 heteroatoms. The van der Waals surface area contributed by atoms with E-state index >= 15 is 0 Å². The fourth-order valence-corrected chi connectivity index (χ4v) is 1.62. The van der Waals surface area contributed by atoms with Gasteiger partial charge in [-0.3, -0.25) is 9.59 Å². The van der Waals surface area contributed by atoms with Gasteiger partial charge in [-0.1, -0.05) is 30.3 Å². The standard InChI is InChI=1S/C13H16N2O5/c16-7-11(14-8-17)12(18)15-10(13(19)20)6-9-4-2-1-3-5-9/h1-5,8,10-11,16H,6-7H2,(H,14,17)(H,15,18)(H,19,20)/t10-,11-/m0/s1. The summed E-state index contributed by atoms with van der Waals surface area (Å²) in [6.07, 6.45) is 0.384. The molecular formula is C13H16N2O5. The summed E-state index contributed by atoms with van der Waals surface area (Å²) in [7, 11) is 0. The first-order chi connectivity index (χ1) is 9.58. The van der Waals surface area contributed by atoms with Gasteiger partial charge in [0.25, 0.3) is 0 Å². The Morgan fingerprint density at radius 3 is 2.35 bits per heavy atom. The van der Waals surface area contributed by atoms with E-state index in [1.165, 1.54) is 0 Å². The number of benzene rings is 1. The molecule has 4 N–H and O–H groups in total. The quantitative estimate of drug-likeness (QED) is 0.451. The molecule has 0 saturated heterocycles. The van der Waals surface area contributed by atoms with Gasteiger partial charge in [0.2, 0.25) is 12.3 Å². The van der Waals surface area contributed by atoms with Gasteiger partial charge in [0.05, 0.1) is 6.61 Å². The van der Waals surface area contributed by atoms with Crippen LogP contribution < -0.4 is 10.6 Å². The summed E-state index contributed by atoms with van der Waals surface area (Å²) >= 11 is 0. The topological polar surface area (TPSA) is 116 Å². The van der Waals surface area contributed by atoms with Gasteiger partial charge in [-0.05, 0) is 5.56 Å². The van der Waals surface area contributed by atoms with Crippen LogP contribution in [0.25, 0.3) is 0 Å². The van der Waals surface area contributed by atoms with Crippen molar-refractivity contribution in [1.82, 2.24) is 10.6 Å². The van der Waals surface area contributed by atoms with Crippen molar-refractivity contribution in [2.75, 3.05) is 6.61 Å². The molecule has 0 saturated carbocycles. The number of hydrogen-bond donors (Lipinski definition) is 4. The Kier molecular flexibility index (Phi) is 6.18. The largest absolute Gasteiger partial charge is 0.480 e. The summed E-state index contributed by atoms with van der Waals surface area (Å²) in [4.78, 5) is 33.1. The van der Waals surface area contributed by atoms with Gasteiger partial charge in [0.15, 0.2) is 0 Å². The molecule has 0 heterocycles. The zero-order valence-electron chi connectivity index (χ0n) is 10.7. The third-order valence-electron chi connectivity index (χ3n) is 2.67. The lowest BCUT2D eigenvalue weighted by molar-refractivity contribution is -0.142. The molecule has 0 bridgehead atoms. The number of carboxylic acids is 1. The highest BCUT2D eigenvalue weighted by atomic mass is 16.4. The molecule has 0 radical (unpaired) electrons. The van der Waals surface area contributed by atoms with Gasteiger partial charge in [0.1, 0.15) is 12.1 Å². The molecule has 0 unspecified atom stereocenters. The first kappa shape index (κ1) is 15.6. The SMILES string of the molecule is O=CN[C@@H](CO)C(=O)N[C@@H](Cc1ccccc1)C(=O)O. The molecule has 0 aromatic heterocycles. The number of carbonyl (C=O) groups excluding carboxylic acids is 2. The van der Waals surface area contributed by atoms with Gasteiger partial charge in [0, 0.05) is 6.42 Å². The number of amides is 2. The van der Waals surface area contributed by atoms with Gasteiger partial charge in [-0.2, -0.15) is 0 Å². The molecule has 1 aromatic rings. The van der Waals surface area contributed by atoms with Gasteiger partial charge in [-0.15, -0.1) is 0 Å². The molecular weight excluding hydrogens is 264 g/mol. The molecule has 20 heavy (non-hydrogen) atoms. The molecule has 0 aliphatic rings. The molecule has 108 valence electrons. The van der Waals surface area contributed by atoms with E-state index in [2.05, 4.69) is 10.6 Å². The average molecular weight is 280 g/mol. The van der Waals surface area contributed by atoms with Crippen molar-refractivity contribution in [3.63, 3.8) is 0 Å². The number of carboxylic acid groups (broad SMARTS) is 1. The second kappa shape index (κ2) is 7.90. The first-order valence-corrected chi connectivity index (χ1v) is 5.96. The first-order valence-electron chi connectivity index (χ1n) is 5.96. The van der Waals surface area contributed by atoms with E-state index < -0.39 is 30.6 Å². The van der Waals surface area contributed by atoms with Crippen LogP contribution in [-0.4, -0.2) is 47.2 Å². The summed E-state index contributed by atoms with van der Waals surface area (Å²) in [6, 6.07) is 6.52. The fraction of sp³-hybridized carbons (Fsp3) is 0.308. The van der Waals surface area contributed by atoms with Gasteiger partial charge >= 0.3 is 5.97 Å². The van der Waals surface area contributed by atoms with E-state index in [1.807, 2.05) is 0 Å². The number of aliphatic hydroxyl groups excluding tert-OH is 1. The lowest BCUT2D eigenvalue weighted by Crippen LogP contribution is -2.52. The lowest BCUT2D eigenvalue weighted by atomic mass is 10.1. The van der Waals surface area contributed by atoms with E-state index in [0.717, 1.165) is 5.56 Å². The van der Waals surface area contributed by atoms with Gasteiger partial charge < -0.3 is 20.8 Å². The highest BCUT2D eigenvalue weighted by Gasteiger charge is 2.24. The Bertz CT molecular complexity index is 463. The van der Waals surface area contributed by atoms with E-state index in [4.69, 9.17) is 10.2 Å². The van der Waals surface area contributed by atoms with Crippen LogP contribution >= 0.6 is 0 Å². The van der Waals surface area contributed by atoms with Crippen LogP contribution in [0.15, 0.2) is 30.3 Å². The van der Waals surface area contributed by atoms with E-state index in [0.29, 0.717) is 0 Å². The lowest BCUT2D eigenvalue weighted by Gasteiger charge is -2.18. The van der Waals surface area contributed by atoms with Crippen LogP contribution in [0, 0.1) is 0 Å². The summed E-state index contributed by atoms with van der Waals surface area (Å²) < 4.78 is 0. The molecule has 0 fully saturated rings. The molecule has 1 aromatic carbocycles. The number of aliphatic carboxylic acids is 1. The zero-order chi connectivity index (χ0) is 15.0. The molecule has 0 aliphatic heterocycles. The van der Waals surface area contributed by atoms with Crippen LogP contribution in [-0.2, 0) is 20.8 Å². The monoisotopic (exact) mass is 280 g/mol. The van der Waals surface area contributed by atoms with Crippen molar-refractivity contribution >= 4 is 18.3 Å². The summed E-state index contributed by atoms with van der Waals surface area (Å²) in [5, 5.41) is 22.4. The molecule has 1 rings (SSSR count).